The van der Waals surface area contributed by atoms with Crippen LogP contribution in [0.15, 0.2) is 24.5 Å². The Kier molecular flexibility index (Phi) is 3.28. The predicted molar refractivity (Wildman–Crippen MR) is 60.3 cm³/mol. The SMILES string of the molecule is CC(CC1CCCCC1)n1cccc1. The van der Waals surface area contributed by atoms with Crippen LogP contribution < -0.4 is 0 Å². The lowest BCUT2D eigenvalue weighted by Gasteiger charge is -2.25. The van der Waals surface area contributed by atoms with Gasteiger partial charge < -0.3 is 4.57 Å². The summed E-state index contributed by atoms with van der Waals surface area (Å²) in [5.74, 6) is 0.987. The van der Waals surface area contributed by atoms with E-state index < -0.39 is 0 Å². The molecule has 1 aliphatic carbocycles. The first-order valence-electron chi connectivity index (χ1n) is 5.98. The molecular weight excluding hydrogens is 170 g/mol. The smallest absolute Gasteiger partial charge is 0.0305 e. The van der Waals surface area contributed by atoms with Crippen LogP contribution in [0.3, 0.4) is 0 Å². The molecule has 1 unspecified atom stereocenters. The maximum atomic E-state index is 2.34. The fourth-order valence-electron chi connectivity index (χ4n) is 2.67. The molecular formula is C13H21N. The maximum Gasteiger partial charge on any atom is 0.0305 e. The Morgan fingerprint density at radius 2 is 1.79 bits per heavy atom. The molecule has 1 nitrogen and oxygen atoms in total. The summed E-state index contributed by atoms with van der Waals surface area (Å²) >= 11 is 0. The van der Waals surface area contributed by atoms with E-state index in [2.05, 4.69) is 36.0 Å². The summed E-state index contributed by atoms with van der Waals surface area (Å²) in [6.45, 7) is 2.34. The monoisotopic (exact) mass is 191 g/mol. The molecule has 1 heterocycles. The van der Waals surface area contributed by atoms with Gasteiger partial charge in [-0.1, -0.05) is 32.1 Å². The normalized spacial score (nSPS) is 20.9. The molecule has 78 valence electrons. The molecule has 1 fully saturated rings. The minimum Gasteiger partial charge on any atom is -0.352 e. The summed E-state index contributed by atoms with van der Waals surface area (Å²) in [6.07, 6.45) is 13.1. The van der Waals surface area contributed by atoms with E-state index >= 15 is 0 Å². The van der Waals surface area contributed by atoms with Crippen molar-refractivity contribution in [3.05, 3.63) is 24.5 Å². The van der Waals surface area contributed by atoms with Gasteiger partial charge in [-0.15, -0.1) is 0 Å². The van der Waals surface area contributed by atoms with Gasteiger partial charge in [0.25, 0.3) is 0 Å². The molecule has 0 bridgehead atoms. The van der Waals surface area contributed by atoms with E-state index in [-0.39, 0.29) is 0 Å². The van der Waals surface area contributed by atoms with Gasteiger partial charge in [-0.25, -0.2) is 0 Å². The second-order valence-electron chi connectivity index (χ2n) is 4.72. The van der Waals surface area contributed by atoms with Gasteiger partial charge in [-0.3, -0.25) is 0 Å². The first-order chi connectivity index (χ1) is 6.86. The van der Waals surface area contributed by atoms with Crippen molar-refractivity contribution in [1.29, 1.82) is 0 Å². The second kappa shape index (κ2) is 4.68. The molecule has 1 saturated carbocycles. The van der Waals surface area contributed by atoms with E-state index in [9.17, 15) is 0 Å². The Bertz CT molecular complexity index is 244. The minimum atomic E-state index is 0.688. The molecule has 1 aromatic heterocycles. The fraction of sp³-hybridized carbons (Fsp3) is 0.692. The van der Waals surface area contributed by atoms with Gasteiger partial charge in [0.05, 0.1) is 0 Å². The average Bonchev–Trinajstić information content (AvgIpc) is 2.72. The van der Waals surface area contributed by atoms with Crippen LogP contribution in [0, 0.1) is 5.92 Å². The molecule has 0 amide bonds. The van der Waals surface area contributed by atoms with E-state index in [1.54, 1.807) is 0 Å². The molecule has 0 N–H and O–H groups in total. The molecule has 0 spiro atoms. The fourth-order valence-corrected chi connectivity index (χ4v) is 2.67. The van der Waals surface area contributed by atoms with Gasteiger partial charge >= 0.3 is 0 Å². The summed E-state index contributed by atoms with van der Waals surface area (Å²) in [5, 5.41) is 0. The van der Waals surface area contributed by atoms with Crippen LogP contribution in [0.1, 0.15) is 51.5 Å². The van der Waals surface area contributed by atoms with Crippen molar-refractivity contribution in [3.8, 4) is 0 Å². The Balaban J connectivity index is 1.84. The van der Waals surface area contributed by atoms with Gasteiger partial charge in [0.15, 0.2) is 0 Å². The standard InChI is InChI=1S/C13H21N/c1-12(14-9-5-6-10-14)11-13-7-3-2-4-8-13/h5-6,9-10,12-13H,2-4,7-8,11H2,1H3. The van der Waals surface area contributed by atoms with Gasteiger partial charge in [-0.05, 0) is 31.4 Å². The number of hydrogen-bond donors (Lipinski definition) is 0. The zero-order valence-electron chi connectivity index (χ0n) is 9.15. The first kappa shape index (κ1) is 9.82. The van der Waals surface area contributed by atoms with Gasteiger partial charge in [0.1, 0.15) is 0 Å². The second-order valence-corrected chi connectivity index (χ2v) is 4.72. The highest BCUT2D eigenvalue weighted by Gasteiger charge is 2.16. The lowest BCUT2D eigenvalue weighted by atomic mass is 9.85. The predicted octanol–water partition coefficient (Wildman–Crippen LogP) is 4.02. The van der Waals surface area contributed by atoms with Crippen molar-refractivity contribution in [3.63, 3.8) is 0 Å². The summed E-state index contributed by atoms with van der Waals surface area (Å²) in [4.78, 5) is 0. The molecule has 1 aliphatic rings. The van der Waals surface area contributed by atoms with Crippen LogP contribution in [0.2, 0.25) is 0 Å². The third kappa shape index (κ3) is 2.40. The Labute approximate surface area is 87.1 Å². The van der Waals surface area contributed by atoms with Crippen molar-refractivity contribution in [1.82, 2.24) is 4.57 Å². The van der Waals surface area contributed by atoms with Crippen molar-refractivity contribution in [2.24, 2.45) is 5.92 Å². The molecule has 0 radical (unpaired) electrons. The zero-order valence-corrected chi connectivity index (χ0v) is 9.15. The van der Waals surface area contributed by atoms with Crippen molar-refractivity contribution >= 4 is 0 Å². The van der Waals surface area contributed by atoms with E-state index in [0.717, 1.165) is 5.92 Å². The van der Waals surface area contributed by atoms with Crippen LogP contribution in [0.5, 0.6) is 0 Å². The maximum absolute atomic E-state index is 2.34. The highest BCUT2D eigenvalue weighted by molar-refractivity contribution is 4.92. The Morgan fingerprint density at radius 1 is 1.14 bits per heavy atom. The number of nitrogens with zero attached hydrogens (tertiary/aromatic N) is 1. The van der Waals surface area contributed by atoms with Crippen LogP contribution in [0.4, 0.5) is 0 Å². The van der Waals surface area contributed by atoms with Gasteiger partial charge in [-0.2, -0.15) is 0 Å². The highest BCUT2D eigenvalue weighted by Crippen LogP contribution is 2.30. The van der Waals surface area contributed by atoms with Crippen molar-refractivity contribution in [2.45, 2.75) is 51.5 Å². The minimum absolute atomic E-state index is 0.688. The average molecular weight is 191 g/mol. The topological polar surface area (TPSA) is 4.93 Å². The highest BCUT2D eigenvalue weighted by atomic mass is 15.0. The van der Waals surface area contributed by atoms with Crippen LogP contribution in [0.25, 0.3) is 0 Å². The van der Waals surface area contributed by atoms with Gasteiger partial charge in [0, 0.05) is 18.4 Å². The van der Waals surface area contributed by atoms with E-state index in [1.165, 1.54) is 38.5 Å². The molecule has 1 heteroatoms. The van der Waals surface area contributed by atoms with Crippen molar-refractivity contribution < 1.29 is 0 Å². The van der Waals surface area contributed by atoms with Crippen molar-refractivity contribution in [2.75, 3.05) is 0 Å². The van der Waals surface area contributed by atoms with Gasteiger partial charge in [0.2, 0.25) is 0 Å². The summed E-state index contributed by atoms with van der Waals surface area (Å²) < 4.78 is 2.34. The molecule has 1 atom stereocenters. The number of aromatic nitrogens is 1. The molecule has 1 aromatic rings. The van der Waals surface area contributed by atoms with Crippen LogP contribution >= 0.6 is 0 Å². The lowest BCUT2D eigenvalue weighted by Crippen LogP contribution is -2.12. The molecule has 0 saturated heterocycles. The van der Waals surface area contributed by atoms with E-state index in [1.807, 2.05) is 0 Å². The Morgan fingerprint density at radius 3 is 2.43 bits per heavy atom. The third-order valence-corrected chi connectivity index (χ3v) is 3.54. The van der Waals surface area contributed by atoms with E-state index in [4.69, 9.17) is 0 Å². The number of rotatable bonds is 3. The molecule has 0 aliphatic heterocycles. The van der Waals surface area contributed by atoms with Crippen LogP contribution in [-0.4, -0.2) is 4.57 Å². The van der Waals surface area contributed by atoms with E-state index in [0.29, 0.717) is 6.04 Å². The third-order valence-electron chi connectivity index (χ3n) is 3.54. The quantitative estimate of drug-likeness (QED) is 0.680. The number of hydrogen-bond acceptors (Lipinski definition) is 0. The molecule has 2 rings (SSSR count). The summed E-state index contributed by atoms with van der Waals surface area (Å²) in [6, 6.07) is 4.93. The summed E-state index contributed by atoms with van der Waals surface area (Å²) in [5.41, 5.74) is 0. The largest absolute Gasteiger partial charge is 0.352 e. The zero-order chi connectivity index (χ0) is 9.80. The molecule has 0 aromatic carbocycles. The van der Waals surface area contributed by atoms with Crippen LogP contribution in [-0.2, 0) is 0 Å². The summed E-state index contributed by atoms with van der Waals surface area (Å²) in [7, 11) is 0. The first-order valence-corrected chi connectivity index (χ1v) is 5.98. The Hall–Kier alpha value is -0.720. The lowest BCUT2D eigenvalue weighted by molar-refractivity contribution is 0.296. The molecule has 14 heavy (non-hydrogen) atoms.